The molecule has 1 aliphatic heterocycles. The lowest BCUT2D eigenvalue weighted by Crippen LogP contribution is -2.57. The summed E-state index contributed by atoms with van der Waals surface area (Å²) in [5.41, 5.74) is 7.34. The molecule has 50 heavy (non-hydrogen) atoms. The molecule has 1 fully saturated rings. The Morgan fingerprint density at radius 1 is 1.14 bits per heavy atom. The Bertz CT molecular complexity index is 1760. The Morgan fingerprint density at radius 2 is 1.84 bits per heavy atom. The maximum atomic E-state index is 14.1. The van der Waals surface area contributed by atoms with Crippen LogP contribution in [0, 0.1) is 11.8 Å². The number of aliphatic hydroxyl groups is 1. The molecule has 0 spiro atoms. The van der Waals surface area contributed by atoms with E-state index < -0.39 is 52.0 Å². The number of ether oxygens (including phenoxy) is 1. The van der Waals surface area contributed by atoms with Crippen LogP contribution in [0.15, 0.2) is 58.8 Å². The number of hydrogen-bond acceptors (Lipinski definition) is 10. The third-order valence-corrected chi connectivity index (χ3v) is 11.2. The fraction of sp³-hybridized carbons (Fsp3) is 0.471. The zero-order chi connectivity index (χ0) is 36.7. The highest BCUT2D eigenvalue weighted by Gasteiger charge is 2.44. The van der Waals surface area contributed by atoms with Gasteiger partial charge >= 0.3 is 6.03 Å². The minimum absolute atomic E-state index is 0.0460. The van der Waals surface area contributed by atoms with Crippen molar-refractivity contribution < 1.29 is 32.6 Å². The van der Waals surface area contributed by atoms with Crippen LogP contribution in [0.25, 0.3) is 0 Å². The SMILES string of the molecule is COCc1nc(CN2C(=O)CN([C@H](C(=O)N[C@@H](Cc3ccccc3)[C@@H](O)CN(CC(C)C)S(=O)(=O)c3ccc(Cl)c(N)c3)C(C)C)C2=O)cs1. The Balaban J connectivity index is 1.59. The van der Waals surface area contributed by atoms with E-state index >= 15 is 0 Å². The fourth-order valence-electron chi connectivity index (χ4n) is 5.78. The lowest BCUT2D eigenvalue weighted by atomic mass is 9.97. The first-order valence-corrected chi connectivity index (χ1v) is 18.9. The molecule has 4 rings (SSSR count). The molecule has 4 amide bonds. The number of halogens is 1. The van der Waals surface area contributed by atoms with E-state index in [-0.39, 0.29) is 54.1 Å². The number of imide groups is 1. The lowest BCUT2D eigenvalue weighted by molar-refractivity contribution is -0.129. The second-order valence-corrected chi connectivity index (χ2v) is 16.3. The minimum atomic E-state index is -4.14. The first-order chi connectivity index (χ1) is 23.6. The Labute approximate surface area is 302 Å². The van der Waals surface area contributed by atoms with Crippen molar-refractivity contribution in [3.63, 3.8) is 0 Å². The average Bonchev–Trinajstić information content (AvgIpc) is 3.61. The van der Waals surface area contributed by atoms with Crippen molar-refractivity contribution in [1.82, 2.24) is 24.4 Å². The van der Waals surface area contributed by atoms with Gasteiger partial charge in [-0.1, -0.05) is 69.6 Å². The summed E-state index contributed by atoms with van der Waals surface area (Å²) in [5.74, 6) is -1.57. The number of carbonyl (C=O) groups is 3. The molecule has 2 aromatic carbocycles. The predicted octanol–water partition coefficient (Wildman–Crippen LogP) is 3.75. The molecule has 0 radical (unpaired) electrons. The van der Waals surface area contributed by atoms with Crippen molar-refractivity contribution in [2.45, 2.75) is 70.4 Å². The first kappa shape index (κ1) is 39.2. The molecule has 272 valence electrons. The number of hydrogen-bond donors (Lipinski definition) is 3. The molecular weight excluding hydrogens is 704 g/mol. The van der Waals surface area contributed by atoms with Gasteiger partial charge in [0.2, 0.25) is 15.9 Å². The highest BCUT2D eigenvalue weighted by molar-refractivity contribution is 7.89. The number of urea groups is 1. The van der Waals surface area contributed by atoms with Crippen LogP contribution < -0.4 is 11.1 Å². The number of nitrogens with two attached hydrogens (primary N) is 1. The molecule has 0 bridgehead atoms. The highest BCUT2D eigenvalue weighted by atomic mass is 35.5. The maximum Gasteiger partial charge on any atom is 0.328 e. The van der Waals surface area contributed by atoms with Crippen LogP contribution in [0.2, 0.25) is 5.02 Å². The first-order valence-electron chi connectivity index (χ1n) is 16.2. The molecule has 0 aliphatic carbocycles. The standard InChI is InChI=1S/C34H45ClN6O7S2/c1-21(2)15-39(50(46,47)25-11-12-26(35)27(36)14-25)17-29(42)28(13-23-9-7-6-8-10-23)38-33(44)32(22(3)4)41-18-31(43)40(34(41)45)16-24-20-49-30(37-24)19-48-5/h6-12,14,20-22,28-29,32,42H,13,15-19,36H2,1-5H3,(H,38,44)/t28-,29-,32-/m0/s1. The van der Waals surface area contributed by atoms with E-state index in [0.29, 0.717) is 17.3 Å². The Morgan fingerprint density at radius 3 is 2.46 bits per heavy atom. The fourth-order valence-corrected chi connectivity index (χ4v) is 8.31. The van der Waals surface area contributed by atoms with E-state index in [1.54, 1.807) is 26.3 Å². The second kappa shape index (κ2) is 17.1. The smallest absolute Gasteiger partial charge is 0.328 e. The van der Waals surface area contributed by atoms with E-state index in [2.05, 4.69) is 10.3 Å². The number of anilines is 1. The number of nitrogens with zero attached hydrogens (tertiary/aromatic N) is 4. The Hall–Kier alpha value is -3.60. The summed E-state index contributed by atoms with van der Waals surface area (Å²) >= 11 is 7.40. The zero-order valence-corrected chi connectivity index (χ0v) is 31.2. The predicted molar refractivity (Wildman–Crippen MR) is 192 cm³/mol. The molecule has 13 nitrogen and oxygen atoms in total. The van der Waals surface area contributed by atoms with Gasteiger partial charge in [-0.25, -0.2) is 18.2 Å². The molecule has 3 aromatic rings. The number of nitrogen functional groups attached to an aromatic ring is 1. The zero-order valence-electron chi connectivity index (χ0n) is 28.8. The number of carbonyl (C=O) groups excluding carboxylic acids is 3. The number of aromatic nitrogens is 1. The van der Waals surface area contributed by atoms with E-state index in [4.69, 9.17) is 22.1 Å². The normalized spacial score (nSPS) is 15.7. The van der Waals surface area contributed by atoms with Crippen LogP contribution >= 0.6 is 22.9 Å². The molecule has 1 saturated heterocycles. The van der Waals surface area contributed by atoms with Crippen LogP contribution in [0.4, 0.5) is 10.5 Å². The minimum Gasteiger partial charge on any atom is -0.397 e. The van der Waals surface area contributed by atoms with Crippen molar-refractivity contribution in [3.05, 3.63) is 75.2 Å². The van der Waals surface area contributed by atoms with Gasteiger partial charge in [-0.2, -0.15) is 4.31 Å². The molecule has 4 N–H and O–H groups in total. The van der Waals surface area contributed by atoms with Gasteiger partial charge in [-0.05, 0) is 42.0 Å². The van der Waals surface area contributed by atoms with Gasteiger partial charge in [0, 0.05) is 25.6 Å². The number of rotatable bonds is 17. The van der Waals surface area contributed by atoms with E-state index in [1.807, 2.05) is 44.2 Å². The van der Waals surface area contributed by atoms with Crippen LogP contribution in [-0.4, -0.2) is 95.4 Å². The van der Waals surface area contributed by atoms with Crippen molar-refractivity contribution in [3.8, 4) is 0 Å². The summed E-state index contributed by atoms with van der Waals surface area (Å²) < 4.78 is 34.0. The monoisotopic (exact) mass is 748 g/mol. The third kappa shape index (κ3) is 9.59. The number of benzene rings is 2. The van der Waals surface area contributed by atoms with Gasteiger partial charge in [0.05, 0.1) is 46.6 Å². The summed E-state index contributed by atoms with van der Waals surface area (Å²) in [5, 5.41) is 17.3. The molecule has 1 aliphatic rings. The summed E-state index contributed by atoms with van der Waals surface area (Å²) in [4.78, 5) is 47.4. The number of amides is 4. The van der Waals surface area contributed by atoms with Crippen molar-refractivity contribution in [1.29, 1.82) is 0 Å². The third-order valence-electron chi connectivity index (χ3n) is 8.16. The van der Waals surface area contributed by atoms with E-state index in [9.17, 15) is 27.9 Å². The quantitative estimate of drug-likeness (QED) is 0.137. The molecule has 1 aromatic heterocycles. The molecule has 0 unspecified atom stereocenters. The number of sulfonamides is 1. The second-order valence-electron chi connectivity index (χ2n) is 13.0. The highest BCUT2D eigenvalue weighted by Crippen LogP contribution is 2.27. The maximum absolute atomic E-state index is 14.1. The number of nitrogens with one attached hydrogen (secondary N) is 1. The van der Waals surface area contributed by atoms with Crippen molar-refractivity contribution in [2.24, 2.45) is 11.8 Å². The molecule has 0 saturated carbocycles. The number of aliphatic hydroxyl groups excluding tert-OH is 1. The topological polar surface area (TPSA) is 175 Å². The van der Waals surface area contributed by atoms with E-state index in [1.165, 1.54) is 38.7 Å². The number of thiazole rings is 1. The number of methoxy groups -OCH3 is 1. The largest absolute Gasteiger partial charge is 0.397 e. The lowest BCUT2D eigenvalue weighted by Gasteiger charge is -2.34. The molecule has 2 heterocycles. The van der Waals surface area contributed by atoms with Crippen LogP contribution in [0.5, 0.6) is 0 Å². The van der Waals surface area contributed by atoms with Gasteiger partial charge in [-0.15, -0.1) is 11.3 Å². The van der Waals surface area contributed by atoms with Gasteiger partial charge in [0.1, 0.15) is 17.6 Å². The van der Waals surface area contributed by atoms with Crippen molar-refractivity contribution in [2.75, 3.05) is 32.5 Å². The van der Waals surface area contributed by atoms with Gasteiger partial charge in [0.25, 0.3) is 5.91 Å². The Kier molecular flexibility index (Phi) is 13.4. The van der Waals surface area contributed by atoms with Gasteiger partial charge in [0.15, 0.2) is 0 Å². The van der Waals surface area contributed by atoms with Crippen molar-refractivity contribution >= 4 is 56.5 Å². The molecular formula is C34H45ClN6O7S2. The van der Waals surface area contributed by atoms with Crippen LogP contribution in [0.3, 0.4) is 0 Å². The average molecular weight is 749 g/mol. The summed E-state index contributed by atoms with van der Waals surface area (Å²) in [6.45, 7) is 6.92. The van der Waals surface area contributed by atoms with Crippen LogP contribution in [-0.2, 0) is 43.9 Å². The van der Waals surface area contributed by atoms with Crippen LogP contribution in [0.1, 0.15) is 44.0 Å². The summed E-state index contributed by atoms with van der Waals surface area (Å²) in [7, 11) is -2.59. The summed E-state index contributed by atoms with van der Waals surface area (Å²) in [6.07, 6.45) is -1.21. The molecule has 16 heteroatoms. The van der Waals surface area contributed by atoms with E-state index in [0.717, 1.165) is 10.5 Å². The van der Waals surface area contributed by atoms with Gasteiger partial charge < -0.3 is 25.8 Å². The summed E-state index contributed by atoms with van der Waals surface area (Å²) in [6, 6.07) is 10.5. The molecule has 3 atom stereocenters. The van der Waals surface area contributed by atoms with Gasteiger partial charge in [-0.3, -0.25) is 14.5 Å².